The summed E-state index contributed by atoms with van der Waals surface area (Å²) in [6.45, 7) is 6.64. The molecule has 0 aliphatic carbocycles. The first kappa shape index (κ1) is 24.8. The average molecular weight is 468 g/mol. The number of hydrogen-bond donors (Lipinski definition) is 0. The molecule has 0 bridgehead atoms. The molecule has 9 nitrogen and oxygen atoms in total. The smallest absolute Gasteiger partial charge is 0.435 e. The molecule has 1 heterocycles. The lowest BCUT2D eigenvalue weighted by Crippen LogP contribution is -2.61. The van der Waals surface area contributed by atoms with Crippen LogP contribution in [0.2, 0.25) is 0 Å². The number of hydrogen-bond acceptors (Lipinski definition) is 7. The van der Waals surface area contributed by atoms with Gasteiger partial charge in [-0.25, -0.2) is 19.4 Å². The zero-order valence-corrected chi connectivity index (χ0v) is 19.7. The average Bonchev–Trinajstić information content (AvgIpc) is 3.18. The number of nitrogens with zero attached hydrogens (tertiary/aromatic N) is 3. The Morgan fingerprint density at radius 2 is 1.35 bits per heavy atom. The summed E-state index contributed by atoms with van der Waals surface area (Å²) in [6.07, 6.45) is -1.72. The van der Waals surface area contributed by atoms with Gasteiger partial charge >= 0.3 is 18.2 Å². The number of amides is 2. The highest BCUT2D eigenvalue weighted by atomic mass is 16.6. The van der Waals surface area contributed by atoms with E-state index in [0.29, 0.717) is 5.56 Å². The Balaban J connectivity index is 2.00. The van der Waals surface area contributed by atoms with E-state index in [1.165, 1.54) is 0 Å². The summed E-state index contributed by atoms with van der Waals surface area (Å²) < 4.78 is 16.2. The van der Waals surface area contributed by atoms with Crippen LogP contribution in [0.15, 0.2) is 65.7 Å². The number of hydrazine groups is 1. The summed E-state index contributed by atoms with van der Waals surface area (Å²) >= 11 is 0. The van der Waals surface area contributed by atoms with Gasteiger partial charge in [0.2, 0.25) is 0 Å². The molecule has 2 aromatic carbocycles. The lowest BCUT2D eigenvalue weighted by molar-refractivity contribution is -0.163. The van der Waals surface area contributed by atoms with Gasteiger partial charge in [-0.2, -0.15) is 10.0 Å². The van der Waals surface area contributed by atoms with Crippen molar-refractivity contribution in [2.45, 2.75) is 58.6 Å². The largest absolute Gasteiger partial charge is 0.458 e. The number of rotatable bonds is 7. The molecule has 0 aromatic heterocycles. The van der Waals surface area contributed by atoms with Crippen LogP contribution in [0.3, 0.4) is 0 Å². The zero-order chi connectivity index (χ0) is 24.7. The Morgan fingerprint density at radius 3 is 1.91 bits per heavy atom. The number of esters is 1. The van der Waals surface area contributed by atoms with Crippen molar-refractivity contribution in [1.29, 1.82) is 0 Å². The standard InChI is InChI=1S/C25H29N3O6/c1-18(2)33-23(30)27-17-26-25(15-20-11-7-5-8-12-20,28(27)24(31)34-19(3)4)22(29)32-16-21-13-9-6-10-14-21/h5-14,17-19H,15-16H2,1-4H3. The summed E-state index contributed by atoms with van der Waals surface area (Å²) in [6, 6.07) is 18.2. The minimum Gasteiger partial charge on any atom is -0.458 e. The third-order valence-electron chi connectivity index (χ3n) is 4.81. The van der Waals surface area contributed by atoms with Gasteiger partial charge in [0.15, 0.2) is 0 Å². The fourth-order valence-electron chi connectivity index (χ4n) is 3.36. The third-order valence-corrected chi connectivity index (χ3v) is 4.81. The highest BCUT2D eigenvalue weighted by Gasteiger charge is 2.57. The van der Waals surface area contributed by atoms with Gasteiger partial charge in [0.25, 0.3) is 5.66 Å². The molecule has 0 spiro atoms. The molecule has 9 heteroatoms. The van der Waals surface area contributed by atoms with Crippen LogP contribution in [0.5, 0.6) is 0 Å². The van der Waals surface area contributed by atoms with Crippen molar-refractivity contribution in [3.63, 3.8) is 0 Å². The first-order valence-corrected chi connectivity index (χ1v) is 11.0. The van der Waals surface area contributed by atoms with Crippen LogP contribution in [0.4, 0.5) is 9.59 Å². The third kappa shape index (κ3) is 5.72. The topological polar surface area (TPSA) is 97.7 Å². The van der Waals surface area contributed by atoms with Gasteiger partial charge in [0.05, 0.1) is 12.2 Å². The predicted molar refractivity (Wildman–Crippen MR) is 125 cm³/mol. The van der Waals surface area contributed by atoms with Crippen molar-refractivity contribution in [3.05, 3.63) is 71.8 Å². The lowest BCUT2D eigenvalue weighted by Gasteiger charge is -2.36. The van der Waals surface area contributed by atoms with Crippen molar-refractivity contribution in [2.75, 3.05) is 0 Å². The van der Waals surface area contributed by atoms with Gasteiger partial charge in [-0.05, 0) is 38.8 Å². The van der Waals surface area contributed by atoms with E-state index in [1.54, 1.807) is 52.0 Å². The molecule has 1 aliphatic heterocycles. The van der Waals surface area contributed by atoms with Gasteiger partial charge in [-0.1, -0.05) is 60.7 Å². The normalized spacial score (nSPS) is 17.2. The van der Waals surface area contributed by atoms with E-state index in [9.17, 15) is 14.4 Å². The van der Waals surface area contributed by atoms with E-state index < -0.39 is 36.0 Å². The summed E-state index contributed by atoms with van der Waals surface area (Å²) in [7, 11) is 0. The van der Waals surface area contributed by atoms with Gasteiger partial charge in [-0.3, -0.25) is 0 Å². The molecule has 34 heavy (non-hydrogen) atoms. The molecule has 0 saturated heterocycles. The molecule has 1 unspecified atom stereocenters. The predicted octanol–water partition coefficient (Wildman–Crippen LogP) is 4.32. The van der Waals surface area contributed by atoms with Crippen LogP contribution < -0.4 is 0 Å². The molecule has 3 rings (SSSR count). The maximum absolute atomic E-state index is 13.6. The summed E-state index contributed by atoms with van der Waals surface area (Å²) in [5.41, 5.74) is -0.434. The molecule has 2 amide bonds. The Hall–Kier alpha value is -3.88. The van der Waals surface area contributed by atoms with Gasteiger partial charge in [0, 0.05) is 6.42 Å². The molecule has 180 valence electrons. The molecular weight excluding hydrogens is 438 g/mol. The van der Waals surface area contributed by atoms with E-state index in [-0.39, 0.29) is 13.0 Å². The van der Waals surface area contributed by atoms with Crippen molar-refractivity contribution >= 4 is 24.5 Å². The molecule has 2 aromatic rings. The Morgan fingerprint density at radius 1 is 0.824 bits per heavy atom. The summed E-state index contributed by atoms with van der Waals surface area (Å²) in [4.78, 5) is 43.9. The van der Waals surface area contributed by atoms with Gasteiger partial charge in [-0.15, -0.1) is 0 Å². The SMILES string of the molecule is CC(C)OC(=O)N1C=NC(Cc2ccccc2)(C(=O)OCc2ccccc2)N1C(=O)OC(C)C. The molecule has 0 N–H and O–H groups in total. The van der Waals surface area contributed by atoms with E-state index in [4.69, 9.17) is 14.2 Å². The second-order valence-corrected chi connectivity index (χ2v) is 8.31. The van der Waals surface area contributed by atoms with Crippen molar-refractivity contribution in [3.8, 4) is 0 Å². The fraction of sp³-hybridized carbons (Fsp3) is 0.360. The van der Waals surface area contributed by atoms with Crippen molar-refractivity contribution < 1.29 is 28.6 Å². The van der Waals surface area contributed by atoms with Crippen molar-refractivity contribution in [1.82, 2.24) is 10.0 Å². The zero-order valence-electron chi connectivity index (χ0n) is 19.7. The van der Waals surface area contributed by atoms with Crippen LogP contribution in [0.25, 0.3) is 0 Å². The first-order valence-electron chi connectivity index (χ1n) is 11.0. The molecule has 0 saturated carbocycles. The van der Waals surface area contributed by atoms with Crippen LogP contribution in [0, 0.1) is 0 Å². The van der Waals surface area contributed by atoms with E-state index in [2.05, 4.69) is 4.99 Å². The molecule has 0 fully saturated rings. The molecule has 1 aliphatic rings. The number of aliphatic imine (C=N–C) groups is 1. The number of ether oxygens (including phenoxy) is 3. The van der Waals surface area contributed by atoms with Gasteiger partial charge in [0.1, 0.15) is 12.9 Å². The Bertz CT molecular complexity index is 1030. The second kappa shape index (κ2) is 10.8. The number of benzene rings is 2. The minimum absolute atomic E-state index is 0.0325. The number of carbonyl (C=O) groups is 3. The molecule has 1 atom stereocenters. The second-order valence-electron chi connectivity index (χ2n) is 8.31. The lowest BCUT2D eigenvalue weighted by atomic mass is 9.99. The Kier molecular flexibility index (Phi) is 7.88. The maximum Gasteiger partial charge on any atom is 0.435 e. The quantitative estimate of drug-likeness (QED) is 0.444. The highest BCUT2D eigenvalue weighted by molar-refractivity contribution is 5.95. The minimum atomic E-state index is -1.90. The van der Waals surface area contributed by atoms with E-state index in [0.717, 1.165) is 21.9 Å². The fourth-order valence-corrected chi connectivity index (χ4v) is 3.36. The van der Waals surface area contributed by atoms with E-state index >= 15 is 0 Å². The van der Waals surface area contributed by atoms with Crippen LogP contribution in [-0.4, -0.2) is 52.4 Å². The van der Waals surface area contributed by atoms with Gasteiger partial charge < -0.3 is 14.2 Å². The Labute approximate surface area is 198 Å². The summed E-state index contributed by atoms with van der Waals surface area (Å²) in [5, 5.41) is 1.73. The maximum atomic E-state index is 13.6. The van der Waals surface area contributed by atoms with E-state index in [1.807, 2.05) is 36.4 Å². The highest BCUT2D eigenvalue weighted by Crippen LogP contribution is 2.32. The van der Waals surface area contributed by atoms with Crippen LogP contribution >= 0.6 is 0 Å². The van der Waals surface area contributed by atoms with Crippen molar-refractivity contribution in [2.24, 2.45) is 4.99 Å². The monoisotopic (exact) mass is 467 g/mol. The van der Waals surface area contributed by atoms with Crippen LogP contribution in [0.1, 0.15) is 38.8 Å². The first-order chi connectivity index (χ1) is 16.2. The number of carbonyl (C=O) groups excluding carboxylic acids is 3. The van der Waals surface area contributed by atoms with Crippen LogP contribution in [-0.2, 0) is 32.0 Å². The molecular formula is C25H29N3O6. The summed E-state index contributed by atoms with van der Waals surface area (Å²) in [5.74, 6) is -0.808. The molecule has 0 radical (unpaired) electrons.